The van der Waals surface area contributed by atoms with Crippen LogP contribution in [0.25, 0.3) is 0 Å². The molecule has 0 aliphatic rings. The third-order valence-electron chi connectivity index (χ3n) is 8.37. The molecule has 0 aliphatic carbocycles. The smallest absolute Gasteiger partial charge is 0.662 e. The van der Waals surface area contributed by atoms with E-state index in [0.717, 1.165) is 38.5 Å². The Morgan fingerprint density at radius 3 is 0.778 bits per heavy atom. The van der Waals surface area contributed by atoms with Crippen LogP contribution in [-0.4, -0.2) is 72.1 Å². The second-order valence-electron chi connectivity index (χ2n) is 12.6. The van der Waals surface area contributed by atoms with Gasteiger partial charge in [-0.3, -0.25) is 0 Å². The number of unbranched alkanes of at least 4 members (excludes halogenated alkanes) is 26. The van der Waals surface area contributed by atoms with Crippen LogP contribution in [0.3, 0.4) is 0 Å². The zero-order valence-corrected chi connectivity index (χ0v) is 31.6. The molecule has 0 aromatic carbocycles. The van der Waals surface area contributed by atoms with Crippen LogP contribution in [0.5, 0.6) is 0 Å². The summed E-state index contributed by atoms with van der Waals surface area (Å²) in [7, 11) is 0. The van der Waals surface area contributed by atoms with Crippen molar-refractivity contribution < 1.29 is 40.1 Å². The van der Waals surface area contributed by atoms with E-state index < -0.39 is 24.1 Å². The number of hydrogen-bond acceptors (Lipinski definition) is 8. The van der Waals surface area contributed by atoms with Gasteiger partial charge in [-0.2, -0.15) is 0 Å². The van der Waals surface area contributed by atoms with Gasteiger partial charge in [-0.05, 0) is 12.8 Å². The Kier molecular flexibility index (Phi) is 46.2. The van der Waals surface area contributed by atoms with Crippen LogP contribution in [0.15, 0.2) is 0 Å². The Morgan fingerprint density at radius 1 is 0.422 bits per heavy atom. The molecule has 0 aliphatic heterocycles. The molecule has 9 heteroatoms. The Bertz CT molecular complexity index is 543. The van der Waals surface area contributed by atoms with E-state index in [2.05, 4.69) is 23.6 Å². The first-order valence-electron chi connectivity index (χ1n) is 18.5. The largest absolute Gasteiger partial charge is 2.00 e. The van der Waals surface area contributed by atoms with Crippen molar-refractivity contribution in [3.63, 3.8) is 0 Å². The minimum atomic E-state index is -1.24. The standard InChI is InChI=1S/2C18H36O4.Ca/c2*1-2-3-4-5-6-7-8-9-10-11-12-13-14-15-16-17(19)18(20)22-21;/h2*17,19,21H,2-16H2,1H3;/q;;+2/p-2. The molecule has 0 heterocycles. The molecule has 8 nitrogen and oxygen atoms in total. The molecule has 45 heavy (non-hydrogen) atoms. The van der Waals surface area contributed by atoms with Gasteiger partial charge in [-0.1, -0.05) is 194 Å². The predicted octanol–water partition coefficient (Wildman–Crippen LogP) is 7.69. The molecule has 0 aromatic heterocycles. The normalized spacial score (nSPS) is 12.0. The van der Waals surface area contributed by atoms with E-state index in [1.54, 1.807) is 0 Å². The first-order valence-corrected chi connectivity index (χ1v) is 18.5. The quantitative estimate of drug-likeness (QED) is 0.0321. The zero-order valence-electron chi connectivity index (χ0n) is 29.4. The molecule has 0 radical (unpaired) electrons. The van der Waals surface area contributed by atoms with Crippen LogP contribution in [0.2, 0.25) is 0 Å². The third-order valence-corrected chi connectivity index (χ3v) is 8.37. The summed E-state index contributed by atoms with van der Waals surface area (Å²) in [4.78, 5) is 27.9. The predicted molar refractivity (Wildman–Crippen MR) is 180 cm³/mol. The molecule has 0 amide bonds. The summed E-state index contributed by atoms with van der Waals surface area (Å²) >= 11 is 0. The molecule has 0 rings (SSSR count). The van der Waals surface area contributed by atoms with Gasteiger partial charge >= 0.3 is 49.7 Å². The van der Waals surface area contributed by atoms with Gasteiger partial charge in [0.2, 0.25) is 0 Å². The van der Waals surface area contributed by atoms with Gasteiger partial charge in [-0.15, -0.1) is 0 Å². The first kappa shape index (κ1) is 49.4. The number of rotatable bonds is 32. The van der Waals surface area contributed by atoms with Crippen molar-refractivity contribution in [1.82, 2.24) is 0 Å². The van der Waals surface area contributed by atoms with Crippen molar-refractivity contribution in [2.75, 3.05) is 0 Å². The summed E-state index contributed by atoms with van der Waals surface area (Å²) in [6, 6.07) is 0. The molecule has 0 aromatic rings. The summed E-state index contributed by atoms with van der Waals surface area (Å²) in [6.45, 7) is 4.51. The average molecular weight is 671 g/mol. The van der Waals surface area contributed by atoms with E-state index in [4.69, 9.17) is 0 Å². The van der Waals surface area contributed by atoms with Gasteiger partial charge in [0.1, 0.15) is 0 Å². The van der Waals surface area contributed by atoms with Crippen molar-refractivity contribution in [3.8, 4) is 0 Å². The molecular weight excluding hydrogens is 600 g/mol. The molecular formula is C36H70CaO8. The van der Waals surface area contributed by atoms with Crippen molar-refractivity contribution in [2.24, 2.45) is 0 Å². The van der Waals surface area contributed by atoms with Gasteiger partial charge in [0.25, 0.3) is 0 Å². The van der Waals surface area contributed by atoms with Gasteiger partial charge in [0, 0.05) is 0 Å². The summed E-state index contributed by atoms with van der Waals surface area (Å²) < 4.78 is 0. The van der Waals surface area contributed by atoms with Crippen LogP contribution >= 0.6 is 0 Å². The summed E-state index contributed by atoms with van der Waals surface area (Å²) in [5, 5.41) is 38.1. The minimum Gasteiger partial charge on any atom is -0.662 e. The van der Waals surface area contributed by atoms with E-state index in [9.17, 15) is 30.3 Å². The molecule has 264 valence electrons. The fraction of sp³-hybridized carbons (Fsp3) is 0.944. The van der Waals surface area contributed by atoms with Crippen LogP contribution in [0.1, 0.15) is 206 Å². The van der Waals surface area contributed by atoms with Crippen LogP contribution in [0, 0.1) is 0 Å². The maximum absolute atomic E-state index is 10.7. The fourth-order valence-corrected chi connectivity index (χ4v) is 5.41. The van der Waals surface area contributed by atoms with Crippen LogP contribution < -0.4 is 10.5 Å². The Labute approximate surface area is 306 Å². The second kappa shape index (κ2) is 42.1. The maximum atomic E-state index is 10.7. The minimum absolute atomic E-state index is 0. The zero-order chi connectivity index (χ0) is 32.9. The van der Waals surface area contributed by atoms with E-state index in [-0.39, 0.29) is 37.7 Å². The van der Waals surface area contributed by atoms with Crippen molar-refractivity contribution in [3.05, 3.63) is 0 Å². The summed E-state index contributed by atoms with van der Waals surface area (Å²) in [5.74, 6) is -2.12. The molecule has 0 spiro atoms. The van der Waals surface area contributed by atoms with Crippen LogP contribution in [-0.2, 0) is 19.4 Å². The molecule has 0 bridgehead atoms. The number of aliphatic hydroxyl groups is 2. The SMILES string of the molecule is CCCCCCCCCCCCCCCCC(O)C(=O)O[O-].CCCCCCCCCCCCCCCCC(O)C(=O)O[O-].[Ca+2]. The number of aliphatic hydroxyl groups excluding tert-OH is 2. The molecule has 2 unspecified atom stereocenters. The Morgan fingerprint density at radius 2 is 0.600 bits per heavy atom. The summed E-state index contributed by atoms with van der Waals surface area (Å²) in [6.07, 6.45) is 33.7. The number of hydrogen-bond donors (Lipinski definition) is 2. The van der Waals surface area contributed by atoms with Gasteiger partial charge in [0.15, 0.2) is 12.2 Å². The summed E-state index contributed by atoms with van der Waals surface area (Å²) in [5.41, 5.74) is 0. The van der Waals surface area contributed by atoms with E-state index in [1.165, 1.54) is 141 Å². The number of carbonyl (C=O) groups is 2. The van der Waals surface area contributed by atoms with Crippen molar-refractivity contribution >= 4 is 49.7 Å². The monoisotopic (exact) mass is 670 g/mol. The van der Waals surface area contributed by atoms with Crippen LogP contribution in [0.4, 0.5) is 0 Å². The molecule has 0 saturated heterocycles. The molecule has 2 N–H and O–H groups in total. The maximum Gasteiger partial charge on any atom is 2.00 e. The van der Waals surface area contributed by atoms with Gasteiger partial charge < -0.3 is 30.5 Å². The first-order chi connectivity index (χ1) is 21.4. The molecule has 0 saturated carbocycles. The van der Waals surface area contributed by atoms with E-state index in [0.29, 0.717) is 12.8 Å². The Balaban J connectivity index is -0.000000767. The molecule has 2 atom stereocenters. The molecule has 0 fully saturated rings. The van der Waals surface area contributed by atoms with Gasteiger partial charge in [0.05, 0.1) is 0 Å². The Hall–Kier alpha value is 0.0397. The second-order valence-corrected chi connectivity index (χ2v) is 12.6. The van der Waals surface area contributed by atoms with Gasteiger partial charge in [-0.25, -0.2) is 9.59 Å². The van der Waals surface area contributed by atoms with E-state index >= 15 is 0 Å². The van der Waals surface area contributed by atoms with E-state index in [1.807, 2.05) is 0 Å². The number of carbonyl (C=O) groups excluding carboxylic acids is 2. The third kappa shape index (κ3) is 40.1. The topological polar surface area (TPSA) is 139 Å². The fourth-order valence-electron chi connectivity index (χ4n) is 5.41. The van der Waals surface area contributed by atoms with Crippen molar-refractivity contribution in [1.29, 1.82) is 0 Å². The average Bonchev–Trinajstić information content (AvgIpc) is 3.04. The van der Waals surface area contributed by atoms with Crippen molar-refractivity contribution in [2.45, 2.75) is 219 Å².